The molecular formula is C22H26N4O. The number of piperidine rings is 1. The van der Waals surface area contributed by atoms with Crippen LogP contribution in [0, 0.1) is 0 Å². The highest BCUT2D eigenvalue weighted by molar-refractivity contribution is 5.95. The smallest absolute Gasteiger partial charge is 0.251 e. The topological polar surface area (TPSA) is 61.0 Å². The standard InChI is InChI=1S/C22H26N4O/c1-15(2)26-12-6-9-18(14-26)23-22(27)17-8-5-7-16(13-17)21-24-19-10-3-4-11-20(19)25-21/h3-5,7-8,10-11,13,15,18H,6,9,12,14H2,1-2H3,(H,23,27)(H,24,25)/t18-/m1/s1. The zero-order valence-corrected chi connectivity index (χ0v) is 15.9. The van der Waals surface area contributed by atoms with E-state index in [1.807, 2.05) is 48.5 Å². The minimum atomic E-state index is -0.0106. The lowest BCUT2D eigenvalue weighted by Gasteiger charge is -2.35. The largest absolute Gasteiger partial charge is 0.348 e. The number of benzene rings is 2. The summed E-state index contributed by atoms with van der Waals surface area (Å²) in [7, 11) is 0. The molecular weight excluding hydrogens is 336 g/mol. The van der Waals surface area contributed by atoms with E-state index in [2.05, 4.69) is 34.0 Å². The molecule has 1 aliphatic heterocycles. The van der Waals surface area contributed by atoms with E-state index < -0.39 is 0 Å². The van der Waals surface area contributed by atoms with E-state index in [4.69, 9.17) is 0 Å². The molecule has 5 nitrogen and oxygen atoms in total. The Morgan fingerprint density at radius 2 is 2.07 bits per heavy atom. The molecule has 2 aromatic carbocycles. The number of amides is 1. The predicted molar refractivity (Wildman–Crippen MR) is 109 cm³/mol. The van der Waals surface area contributed by atoms with Crippen LogP contribution >= 0.6 is 0 Å². The van der Waals surface area contributed by atoms with Crippen molar-refractivity contribution < 1.29 is 4.79 Å². The molecule has 3 aromatic rings. The normalized spacial score (nSPS) is 18.1. The van der Waals surface area contributed by atoms with E-state index in [0.717, 1.165) is 48.4 Å². The van der Waals surface area contributed by atoms with Crippen molar-refractivity contribution in [2.75, 3.05) is 13.1 Å². The van der Waals surface area contributed by atoms with Gasteiger partial charge >= 0.3 is 0 Å². The molecule has 0 unspecified atom stereocenters. The van der Waals surface area contributed by atoms with Gasteiger partial charge in [-0.05, 0) is 57.5 Å². The first-order chi connectivity index (χ1) is 13.1. The maximum atomic E-state index is 12.8. The highest BCUT2D eigenvalue weighted by Crippen LogP contribution is 2.21. The second kappa shape index (κ2) is 7.53. The molecule has 0 radical (unpaired) electrons. The summed E-state index contributed by atoms with van der Waals surface area (Å²) in [5.74, 6) is 0.776. The second-order valence-electron chi connectivity index (χ2n) is 7.58. The number of nitrogens with one attached hydrogen (secondary N) is 2. The molecule has 0 aliphatic carbocycles. The Bertz CT molecular complexity index is 913. The first kappa shape index (κ1) is 17.7. The third-order valence-corrected chi connectivity index (χ3v) is 5.31. The Balaban J connectivity index is 1.51. The number of imidazole rings is 1. The van der Waals surface area contributed by atoms with Crippen LogP contribution in [0.4, 0.5) is 0 Å². The molecule has 0 bridgehead atoms. The number of likely N-dealkylation sites (tertiary alicyclic amines) is 1. The average Bonchev–Trinajstić information content (AvgIpc) is 3.12. The van der Waals surface area contributed by atoms with Crippen molar-refractivity contribution in [1.82, 2.24) is 20.2 Å². The number of rotatable bonds is 4. The molecule has 1 amide bonds. The number of para-hydroxylation sites is 2. The lowest BCUT2D eigenvalue weighted by atomic mass is 10.0. The Hall–Kier alpha value is -2.66. The van der Waals surface area contributed by atoms with Crippen molar-refractivity contribution in [3.05, 3.63) is 54.1 Å². The van der Waals surface area contributed by atoms with Crippen molar-refractivity contribution in [2.24, 2.45) is 0 Å². The lowest BCUT2D eigenvalue weighted by Crippen LogP contribution is -2.49. The van der Waals surface area contributed by atoms with Crippen LogP contribution < -0.4 is 5.32 Å². The summed E-state index contributed by atoms with van der Waals surface area (Å²) >= 11 is 0. The Kier molecular flexibility index (Phi) is 4.94. The van der Waals surface area contributed by atoms with Crippen molar-refractivity contribution in [1.29, 1.82) is 0 Å². The number of carbonyl (C=O) groups excluding carboxylic acids is 1. The molecule has 27 heavy (non-hydrogen) atoms. The second-order valence-corrected chi connectivity index (χ2v) is 7.58. The molecule has 2 heterocycles. The number of H-pyrrole nitrogens is 1. The van der Waals surface area contributed by atoms with Gasteiger partial charge in [-0.1, -0.05) is 24.3 Å². The summed E-state index contributed by atoms with van der Waals surface area (Å²) in [5.41, 5.74) is 3.53. The van der Waals surface area contributed by atoms with Gasteiger partial charge in [-0.3, -0.25) is 9.69 Å². The predicted octanol–water partition coefficient (Wildman–Crippen LogP) is 3.83. The summed E-state index contributed by atoms with van der Waals surface area (Å²) in [4.78, 5) is 23.2. The van der Waals surface area contributed by atoms with Crippen LogP contribution in [0.3, 0.4) is 0 Å². The fourth-order valence-electron chi connectivity index (χ4n) is 3.76. The van der Waals surface area contributed by atoms with E-state index in [0.29, 0.717) is 11.6 Å². The van der Waals surface area contributed by atoms with E-state index >= 15 is 0 Å². The van der Waals surface area contributed by atoms with E-state index in [1.165, 1.54) is 0 Å². The van der Waals surface area contributed by atoms with Crippen LogP contribution in [0.15, 0.2) is 48.5 Å². The Labute approximate surface area is 159 Å². The van der Waals surface area contributed by atoms with Gasteiger partial charge in [-0.25, -0.2) is 4.98 Å². The molecule has 1 fully saturated rings. The van der Waals surface area contributed by atoms with Crippen molar-refractivity contribution in [3.63, 3.8) is 0 Å². The number of fused-ring (bicyclic) bond motifs is 1. The Morgan fingerprint density at radius 1 is 1.22 bits per heavy atom. The van der Waals surface area contributed by atoms with Crippen LogP contribution in [0.25, 0.3) is 22.4 Å². The third kappa shape index (κ3) is 3.88. The Morgan fingerprint density at radius 3 is 2.89 bits per heavy atom. The van der Waals surface area contributed by atoms with Gasteiger partial charge in [0.1, 0.15) is 5.82 Å². The molecule has 2 N–H and O–H groups in total. The van der Waals surface area contributed by atoms with Gasteiger partial charge in [0.25, 0.3) is 5.91 Å². The number of aromatic amines is 1. The molecule has 1 aliphatic rings. The van der Waals surface area contributed by atoms with E-state index in [1.54, 1.807) is 0 Å². The van der Waals surface area contributed by atoms with Gasteiger partial charge < -0.3 is 10.3 Å². The zero-order chi connectivity index (χ0) is 18.8. The lowest BCUT2D eigenvalue weighted by molar-refractivity contribution is 0.0886. The van der Waals surface area contributed by atoms with Crippen molar-refractivity contribution >= 4 is 16.9 Å². The summed E-state index contributed by atoms with van der Waals surface area (Å²) < 4.78 is 0. The molecule has 1 saturated heterocycles. The van der Waals surface area contributed by atoms with Crippen molar-refractivity contribution in [3.8, 4) is 11.4 Å². The van der Waals surface area contributed by atoms with Crippen LogP contribution in [0.1, 0.15) is 37.0 Å². The summed E-state index contributed by atoms with van der Waals surface area (Å²) in [6, 6.07) is 16.3. The van der Waals surface area contributed by atoms with Gasteiger partial charge in [-0.15, -0.1) is 0 Å². The number of carbonyl (C=O) groups is 1. The molecule has 1 atom stereocenters. The zero-order valence-electron chi connectivity index (χ0n) is 15.9. The molecule has 5 heteroatoms. The third-order valence-electron chi connectivity index (χ3n) is 5.31. The molecule has 1 aromatic heterocycles. The van der Waals surface area contributed by atoms with Gasteiger partial charge in [0.05, 0.1) is 11.0 Å². The minimum absolute atomic E-state index is 0.0106. The highest BCUT2D eigenvalue weighted by Gasteiger charge is 2.23. The number of hydrogen-bond acceptors (Lipinski definition) is 3. The number of nitrogens with zero attached hydrogens (tertiary/aromatic N) is 2. The summed E-state index contributed by atoms with van der Waals surface area (Å²) in [6.45, 7) is 6.46. The molecule has 4 rings (SSSR count). The minimum Gasteiger partial charge on any atom is -0.348 e. The van der Waals surface area contributed by atoms with Crippen molar-refractivity contribution in [2.45, 2.75) is 38.8 Å². The fraction of sp³-hybridized carbons (Fsp3) is 0.364. The average molecular weight is 362 g/mol. The quantitative estimate of drug-likeness (QED) is 0.741. The van der Waals surface area contributed by atoms with Crippen LogP contribution in [-0.2, 0) is 0 Å². The monoisotopic (exact) mass is 362 g/mol. The van der Waals surface area contributed by atoms with Gasteiger partial charge in [-0.2, -0.15) is 0 Å². The SMILES string of the molecule is CC(C)N1CCC[C@@H](NC(=O)c2cccc(-c3nc4ccccc4[nH]3)c2)C1. The number of hydrogen-bond donors (Lipinski definition) is 2. The molecule has 0 saturated carbocycles. The first-order valence-electron chi connectivity index (χ1n) is 9.70. The molecule has 0 spiro atoms. The maximum Gasteiger partial charge on any atom is 0.251 e. The summed E-state index contributed by atoms with van der Waals surface area (Å²) in [5, 5.41) is 3.21. The van der Waals surface area contributed by atoms with E-state index in [9.17, 15) is 4.79 Å². The maximum absolute atomic E-state index is 12.8. The highest BCUT2D eigenvalue weighted by atomic mass is 16.1. The first-order valence-corrected chi connectivity index (χ1v) is 9.70. The van der Waals surface area contributed by atoms with Gasteiger partial charge in [0.2, 0.25) is 0 Å². The van der Waals surface area contributed by atoms with Gasteiger partial charge in [0, 0.05) is 29.8 Å². The van der Waals surface area contributed by atoms with Crippen LogP contribution in [-0.4, -0.2) is 45.9 Å². The summed E-state index contributed by atoms with van der Waals surface area (Å²) in [6.07, 6.45) is 2.17. The van der Waals surface area contributed by atoms with Crippen LogP contribution in [0.2, 0.25) is 0 Å². The number of aromatic nitrogens is 2. The van der Waals surface area contributed by atoms with E-state index in [-0.39, 0.29) is 11.9 Å². The van der Waals surface area contributed by atoms with Gasteiger partial charge in [0.15, 0.2) is 0 Å². The molecule has 140 valence electrons. The van der Waals surface area contributed by atoms with Crippen LogP contribution in [0.5, 0.6) is 0 Å². The fourth-order valence-corrected chi connectivity index (χ4v) is 3.76.